The van der Waals surface area contributed by atoms with Gasteiger partial charge < -0.3 is 14.0 Å². The van der Waals surface area contributed by atoms with Crippen LogP contribution in [-0.4, -0.2) is 93.5 Å². The average molecular weight is 792 g/mol. The summed E-state index contributed by atoms with van der Waals surface area (Å²) in [5, 5.41) is 0. The first-order valence-corrected chi connectivity index (χ1v) is 19.0. The van der Waals surface area contributed by atoms with E-state index in [9.17, 15) is 43.2 Å². The molecule has 301 valence electrons. The predicted molar refractivity (Wildman–Crippen MR) is 205 cm³/mol. The van der Waals surface area contributed by atoms with E-state index in [0.717, 1.165) is 14.7 Å². The number of imide groups is 3. The Balaban J connectivity index is 1.35. The molecule has 15 nitrogen and oxygen atoms in total. The number of fused-ring (bicyclic) bond motifs is 3. The van der Waals surface area contributed by atoms with E-state index < -0.39 is 78.8 Å². The molecule has 58 heavy (non-hydrogen) atoms. The van der Waals surface area contributed by atoms with E-state index in [1.54, 1.807) is 77.9 Å². The Labute approximate surface area is 334 Å². The molecule has 0 fully saturated rings. The Kier molecular flexibility index (Phi) is 11.8. The minimum atomic E-state index is -2.55. The third kappa shape index (κ3) is 7.78. The third-order valence-corrected chi connectivity index (χ3v) is 9.95. The molecule has 3 aliphatic heterocycles. The van der Waals surface area contributed by atoms with Crippen molar-refractivity contribution in [3.63, 3.8) is 0 Å². The van der Waals surface area contributed by atoms with Crippen LogP contribution in [0.3, 0.4) is 0 Å². The molecule has 6 amide bonds. The lowest BCUT2D eigenvalue weighted by molar-refractivity contribution is -0.154. The average Bonchev–Trinajstić information content (AvgIpc) is 3.69. The van der Waals surface area contributed by atoms with Crippen molar-refractivity contribution in [3.8, 4) is 0 Å². The summed E-state index contributed by atoms with van der Waals surface area (Å²) >= 11 is 0. The fourth-order valence-electron chi connectivity index (χ4n) is 7.33. The van der Waals surface area contributed by atoms with Crippen LogP contribution < -0.4 is 0 Å². The van der Waals surface area contributed by atoms with Gasteiger partial charge in [-0.15, -0.1) is 0 Å². The number of amides is 6. The summed E-state index contributed by atoms with van der Waals surface area (Å²) < 4.78 is 16.7. The lowest BCUT2D eigenvalue weighted by Crippen LogP contribution is -2.53. The molecular formula is C42H42BN3O12-. The van der Waals surface area contributed by atoms with Crippen molar-refractivity contribution < 1.29 is 57.1 Å². The van der Waals surface area contributed by atoms with Gasteiger partial charge in [-0.3, -0.25) is 57.9 Å². The standard InChI is InChI=1S/C42H42BN3O12/c1-22(2)19-31(44-34(47)25-13-7-8-14-26(25)35(44)48)40(53)56-43(57-41(54)32(20-23(3)4)45-36(49)27-15-9-10-16-28(27)37(45)50)58-42(55)33(21-24(5)6)46-38(51)29-17-11-12-18-30(29)39(46)52/h7-18,22-24,31-33H,19-21H2,1-6H3/q-1/t31-,32-,33-/m0/s1. The molecule has 16 heteroatoms. The molecule has 3 aliphatic rings. The summed E-state index contributed by atoms with van der Waals surface area (Å²) in [7, 11) is -2.55. The molecule has 0 bridgehead atoms. The minimum absolute atomic E-state index is 0.0541. The predicted octanol–water partition coefficient (Wildman–Crippen LogP) is 4.73. The van der Waals surface area contributed by atoms with Gasteiger partial charge in [-0.25, -0.2) is 0 Å². The maximum atomic E-state index is 14.2. The fourth-order valence-corrected chi connectivity index (χ4v) is 7.33. The van der Waals surface area contributed by atoms with Crippen LogP contribution in [0.25, 0.3) is 0 Å². The summed E-state index contributed by atoms with van der Waals surface area (Å²) in [4.78, 5) is 126. The van der Waals surface area contributed by atoms with Gasteiger partial charge in [0, 0.05) is 0 Å². The van der Waals surface area contributed by atoms with Crippen molar-refractivity contribution in [2.24, 2.45) is 17.8 Å². The van der Waals surface area contributed by atoms with E-state index in [0.29, 0.717) is 0 Å². The Morgan fingerprint density at radius 1 is 0.414 bits per heavy atom. The van der Waals surface area contributed by atoms with Crippen LogP contribution in [0.5, 0.6) is 0 Å². The number of carbonyl (C=O) groups excluding carboxylic acids is 9. The molecule has 6 rings (SSSR count). The minimum Gasteiger partial charge on any atom is -0.641 e. The van der Waals surface area contributed by atoms with Crippen molar-refractivity contribution in [2.45, 2.75) is 78.9 Å². The van der Waals surface area contributed by atoms with Crippen LogP contribution in [0, 0.1) is 17.8 Å². The number of nitrogens with zero attached hydrogens (tertiary/aromatic N) is 3. The first-order valence-electron chi connectivity index (χ1n) is 19.0. The molecule has 0 spiro atoms. The third-order valence-electron chi connectivity index (χ3n) is 9.95. The highest BCUT2D eigenvalue weighted by Crippen LogP contribution is 2.31. The Hall–Kier alpha value is -6.45. The van der Waals surface area contributed by atoms with Crippen LogP contribution in [0.15, 0.2) is 72.8 Å². The number of carbonyl (C=O) groups is 9. The molecule has 0 N–H and O–H groups in total. The van der Waals surface area contributed by atoms with Crippen LogP contribution >= 0.6 is 0 Å². The topological polar surface area (TPSA) is 191 Å². The van der Waals surface area contributed by atoms with E-state index in [-0.39, 0.29) is 70.4 Å². The van der Waals surface area contributed by atoms with Crippen LogP contribution in [-0.2, 0) is 28.3 Å². The molecule has 0 saturated carbocycles. The van der Waals surface area contributed by atoms with Crippen molar-refractivity contribution in [2.75, 3.05) is 0 Å². The fraction of sp³-hybridized carbons (Fsp3) is 0.357. The van der Waals surface area contributed by atoms with Gasteiger partial charge in [-0.05, 0) is 73.4 Å². The SMILES string of the molecule is CC(C)C[C@@H](C(=O)O[B-](OC(=O)[C@H](CC(C)C)N1C(=O)c2ccccc2C1=O)OC(=O)[C@H](CC(C)C)N1C(=O)c2ccccc2C1=O)N1C(=O)c2ccccc2C1=O. The maximum Gasteiger partial charge on any atom is 0.526 e. The van der Waals surface area contributed by atoms with Gasteiger partial charge in [0.15, 0.2) is 0 Å². The molecule has 0 aromatic heterocycles. The molecule has 3 atom stereocenters. The second-order valence-corrected chi connectivity index (χ2v) is 15.6. The molecule has 1 radical (unpaired) electrons. The van der Waals surface area contributed by atoms with Crippen LogP contribution in [0.4, 0.5) is 0 Å². The van der Waals surface area contributed by atoms with Crippen LogP contribution in [0.2, 0.25) is 0 Å². The molecule has 0 saturated heterocycles. The van der Waals surface area contributed by atoms with Gasteiger partial charge in [-0.2, -0.15) is 0 Å². The van der Waals surface area contributed by atoms with Crippen LogP contribution in [0.1, 0.15) is 123 Å². The molecule has 3 aromatic carbocycles. The van der Waals surface area contributed by atoms with Crippen molar-refractivity contribution in [1.29, 1.82) is 0 Å². The quantitative estimate of drug-likeness (QED) is 0.152. The smallest absolute Gasteiger partial charge is 0.526 e. The first kappa shape index (κ1) is 41.2. The summed E-state index contributed by atoms with van der Waals surface area (Å²) in [6.07, 6.45) is -0.348. The monoisotopic (exact) mass is 791 g/mol. The number of hydrogen-bond donors (Lipinski definition) is 0. The molecular weight excluding hydrogens is 749 g/mol. The van der Waals surface area contributed by atoms with Crippen molar-refractivity contribution in [1.82, 2.24) is 14.7 Å². The van der Waals surface area contributed by atoms with Crippen molar-refractivity contribution >= 4 is 60.7 Å². The van der Waals surface area contributed by atoms with E-state index >= 15 is 0 Å². The van der Waals surface area contributed by atoms with E-state index in [4.69, 9.17) is 14.0 Å². The van der Waals surface area contributed by atoms with Gasteiger partial charge in [0.05, 0.1) is 33.4 Å². The zero-order chi connectivity index (χ0) is 42.2. The number of rotatable bonds is 15. The highest BCUT2D eigenvalue weighted by atomic mass is 16.8. The van der Waals surface area contributed by atoms with Gasteiger partial charge in [0.25, 0.3) is 53.4 Å². The molecule has 0 unspecified atom stereocenters. The first-order chi connectivity index (χ1) is 27.5. The van der Waals surface area contributed by atoms with Gasteiger partial charge in [0.2, 0.25) is 0 Å². The van der Waals surface area contributed by atoms with Crippen molar-refractivity contribution in [3.05, 3.63) is 106 Å². The Morgan fingerprint density at radius 3 is 0.776 bits per heavy atom. The molecule has 0 aliphatic carbocycles. The van der Waals surface area contributed by atoms with E-state index in [2.05, 4.69) is 0 Å². The number of hydrogen-bond acceptors (Lipinski definition) is 12. The summed E-state index contributed by atoms with van der Waals surface area (Å²) in [5.74, 6) is -9.48. The lowest BCUT2D eigenvalue weighted by Gasteiger charge is -2.37. The van der Waals surface area contributed by atoms with E-state index in [1.807, 2.05) is 0 Å². The summed E-state index contributed by atoms with van der Waals surface area (Å²) in [6.45, 7) is 10.4. The Morgan fingerprint density at radius 2 is 0.603 bits per heavy atom. The zero-order valence-corrected chi connectivity index (χ0v) is 32.8. The lowest BCUT2D eigenvalue weighted by atomic mass is 10.0. The number of benzene rings is 3. The van der Waals surface area contributed by atoms with Gasteiger partial charge in [0.1, 0.15) is 18.1 Å². The van der Waals surface area contributed by atoms with E-state index in [1.165, 1.54) is 36.4 Å². The summed E-state index contributed by atoms with van der Waals surface area (Å²) in [6, 6.07) is 13.1. The molecule has 3 heterocycles. The zero-order valence-electron chi connectivity index (χ0n) is 32.8. The summed E-state index contributed by atoms with van der Waals surface area (Å²) in [5.41, 5.74) is 0.324. The second kappa shape index (κ2) is 16.6. The highest BCUT2D eigenvalue weighted by Gasteiger charge is 2.47. The maximum absolute atomic E-state index is 14.2. The Bertz CT molecular complexity index is 1880. The largest absolute Gasteiger partial charge is 0.641 e. The highest BCUT2D eigenvalue weighted by molar-refractivity contribution is 6.45. The second-order valence-electron chi connectivity index (χ2n) is 15.6. The van der Waals surface area contributed by atoms with Gasteiger partial charge in [-0.1, -0.05) is 77.9 Å². The molecule has 3 aromatic rings. The normalized spacial score (nSPS) is 16.3. The van der Waals surface area contributed by atoms with Gasteiger partial charge >= 0.3 is 7.32 Å².